The van der Waals surface area contributed by atoms with Gasteiger partial charge in [-0.1, -0.05) is 40.5 Å². The molecule has 0 amide bonds. The monoisotopic (exact) mass is 442 g/mol. The number of benzene rings is 1. The van der Waals surface area contributed by atoms with Crippen LogP contribution in [0.2, 0.25) is 10.0 Å². The van der Waals surface area contributed by atoms with Crippen LogP contribution in [0.25, 0.3) is 0 Å². The van der Waals surface area contributed by atoms with E-state index in [2.05, 4.69) is 5.16 Å². The zero-order valence-corrected chi connectivity index (χ0v) is 15.7. The Bertz CT molecular complexity index is 805. The van der Waals surface area contributed by atoms with Crippen molar-refractivity contribution in [2.24, 2.45) is 5.16 Å². The van der Waals surface area contributed by atoms with E-state index in [1.807, 2.05) is 0 Å². The first-order valence-corrected chi connectivity index (χ1v) is 8.71. The zero-order chi connectivity index (χ0) is 20.2. The maximum atomic E-state index is 13.9. The van der Waals surface area contributed by atoms with E-state index in [9.17, 15) is 23.3 Å². The van der Waals surface area contributed by atoms with Gasteiger partial charge >= 0.3 is 6.18 Å². The van der Waals surface area contributed by atoms with Gasteiger partial charge in [0.2, 0.25) is 6.54 Å². The van der Waals surface area contributed by atoms with Crippen molar-refractivity contribution in [3.8, 4) is 0 Å². The van der Waals surface area contributed by atoms with Crippen LogP contribution in [0.4, 0.5) is 13.2 Å². The Morgan fingerprint density at radius 1 is 1.33 bits per heavy atom. The van der Waals surface area contributed by atoms with Crippen LogP contribution in [0.1, 0.15) is 12.0 Å². The number of nitrogens with zero attached hydrogens (tertiary/aromatic N) is 2. The lowest BCUT2D eigenvalue weighted by Gasteiger charge is -2.29. The van der Waals surface area contributed by atoms with Crippen LogP contribution in [-0.2, 0) is 10.4 Å². The number of rotatable bonds is 6. The first-order valence-electron chi connectivity index (χ1n) is 7.42. The maximum absolute atomic E-state index is 13.9. The Balaban J connectivity index is 2.46. The summed E-state index contributed by atoms with van der Waals surface area (Å²) < 4.78 is 41.7. The summed E-state index contributed by atoms with van der Waals surface area (Å²) in [6.07, 6.45) is -1.63. The number of alkyl halides is 4. The van der Waals surface area contributed by atoms with Crippen molar-refractivity contribution >= 4 is 40.5 Å². The Labute approximate surface area is 167 Å². The topological polar surface area (TPSA) is 64.7 Å². The van der Waals surface area contributed by atoms with Crippen molar-refractivity contribution in [2.75, 3.05) is 12.4 Å². The molecule has 1 aromatic rings. The van der Waals surface area contributed by atoms with Crippen molar-refractivity contribution in [1.29, 1.82) is 0 Å². The molecule has 1 aliphatic rings. The third-order valence-electron chi connectivity index (χ3n) is 3.69. The molecule has 0 aromatic heterocycles. The molecule has 1 unspecified atom stereocenters. The molecule has 2 rings (SSSR count). The third-order valence-corrected chi connectivity index (χ3v) is 4.31. The third kappa shape index (κ3) is 4.94. The second-order valence-electron chi connectivity index (χ2n) is 5.52. The first kappa shape index (κ1) is 21.5. The molecule has 0 saturated carbocycles. The Morgan fingerprint density at radius 3 is 2.48 bits per heavy atom. The molecular formula is C16H12Cl3F3N2O3. The lowest BCUT2D eigenvalue weighted by Crippen LogP contribution is -2.42. The molecule has 0 radical (unpaired) electrons. The van der Waals surface area contributed by atoms with E-state index in [-0.39, 0.29) is 32.8 Å². The molecule has 27 heavy (non-hydrogen) atoms. The largest absolute Gasteiger partial charge is 0.435 e. The summed E-state index contributed by atoms with van der Waals surface area (Å²) in [7, 11) is 0. The summed E-state index contributed by atoms with van der Waals surface area (Å²) >= 11 is 17.2. The van der Waals surface area contributed by atoms with Crippen molar-refractivity contribution < 1.29 is 22.9 Å². The van der Waals surface area contributed by atoms with Gasteiger partial charge in [0.15, 0.2) is 0 Å². The summed E-state index contributed by atoms with van der Waals surface area (Å²) in [6.45, 7) is -0.594. The molecule has 0 fully saturated rings. The smallest absolute Gasteiger partial charge is 0.374 e. The van der Waals surface area contributed by atoms with E-state index in [1.165, 1.54) is 18.2 Å². The number of hydrogen-bond acceptors (Lipinski definition) is 4. The van der Waals surface area contributed by atoms with Crippen molar-refractivity contribution in [3.05, 3.63) is 67.7 Å². The summed E-state index contributed by atoms with van der Waals surface area (Å²) in [6, 6.07) is 3.47. The van der Waals surface area contributed by atoms with E-state index in [0.717, 1.165) is 18.2 Å². The molecule has 0 saturated heterocycles. The number of oxime groups is 1. The molecule has 0 N–H and O–H groups in total. The summed E-state index contributed by atoms with van der Waals surface area (Å²) in [4.78, 5) is 14.8. The van der Waals surface area contributed by atoms with E-state index in [1.54, 1.807) is 0 Å². The van der Waals surface area contributed by atoms with Crippen LogP contribution >= 0.6 is 34.8 Å². The fourth-order valence-corrected chi connectivity index (χ4v) is 3.09. The molecule has 11 heteroatoms. The highest BCUT2D eigenvalue weighted by Gasteiger charge is 2.62. The summed E-state index contributed by atoms with van der Waals surface area (Å²) in [5.41, 5.74) is -3.11. The minimum Gasteiger partial charge on any atom is -0.374 e. The number of allylic oxidation sites excluding steroid dienone is 3. The predicted molar refractivity (Wildman–Crippen MR) is 97.1 cm³/mol. The van der Waals surface area contributed by atoms with E-state index in [4.69, 9.17) is 39.6 Å². The van der Waals surface area contributed by atoms with Gasteiger partial charge in [0.25, 0.3) is 5.60 Å². The first-order chi connectivity index (χ1) is 12.6. The van der Waals surface area contributed by atoms with Gasteiger partial charge in [-0.2, -0.15) is 13.2 Å². The van der Waals surface area contributed by atoms with Crippen molar-refractivity contribution in [1.82, 2.24) is 0 Å². The number of nitro groups is 1. The fourth-order valence-electron chi connectivity index (χ4n) is 2.47. The molecule has 0 aliphatic carbocycles. The highest BCUT2D eigenvalue weighted by molar-refractivity contribution is 6.34. The maximum Gasteiger partial charge on any atom is 0.435 e. The highest BCUT2D eigenvalue weighted by atomic mass is 35.5. The average Bonchev–Trinajstić information content (AvgIpc) is 3.00. The van der Waals surface area contributed by atoms with Crippen LogP contribution in [0.5, 0.6) is 0 Å². The minimum absolute atomic E-state index is 0.00401. The van der Waals surface area contributed by atoms with E-state index < -0.39 is 29.7 Å². The molecule has 0 bridgehead atoms. The second kappa shape index (κ2) is 8.50. The van der Waals surface area contributed by atoms with Crippen LogP contribution in [0.15, 0.2) is 47.2 Å². The van der Waals surface area contributed by atoms with Crippen LogP contribution in [0.3, 0.4) is 0 Å². The van der Waals surface area contributed by atoms with Crippen molar-refractivity contribution in [3.63, 3.8) is 0 Å². The van der Waals surface area contributed by atoms with Crippen molar-refractivity contribution in [2.45, 2.75) is 18.2 Å². The quantitative estimate of drug-likeness (QED) is 0.251. The van der Waals surface area contributed by atoms with Gasteiger partial charge in [0.1, 0.15) is 0 Å². The molecule has 1 aliphatic heterocycles. The summed E-state index contributed by atoms with van der Waals surface area (Å²) in [5, 5.41) is 14.2. The minimum atomic E-state index is -4.85. The van der Waals surface area contributed by atoms with Gasteiger partial charge in [-0.25, -0.2) is 0 Å². The van der Waals surface area contributed by atoms with Gasteiger partial charge in [0, 0.05) is 38.4 Å². The molecule has 0 spiro atoms. The summed E-state index contributed by atoms with van der Waals surface area (Å²) in [5.74, 6) is 0.0677. The Hall–Kier alpha value is -1.77. The van der Waals surface area contributed by atoms with Gasteiger partial charge in [-0.15, -0.1) is 11.6 Å². The Morgan fingerprint density at radius 2 is 1.96 bits per heavy atom. The lowest BCUT2D eigenvalue weighted by molar-refractivity contribution is -0.468. The number of hydrogen-bond donors (Lipinski definition) is 0. The van der Waals surface area contributed by atoms with Crippen LogP contribution < -0.4 is 0 Å². The molecule has 1 aromatic carbocycles. The van der Waals surface area contributed by atoms with Gasteiger partial charge in [0.05, 0.1) is 5.71 Å². The van der Waals surface area contributed by atoms with Gasteiger partial charge in [-0.3, -0.25) is 10.1 Å². The van der Waals surface area contributed by atoms with Gasteiger partial charge in [-0.05, 0) is 24.3 Å². The fraction of sp³-hybridized carbons (Fsp3) is 0.312. The van der Waals surface area contributed by atoms with E-state index in [0.29, 0.717) is 0 Å². The molecule has 5 nitrogen and oxygen atoms in total. The Kier molecular flexibility index (Phi) is 6.77. The number of halogens is 6. The predicted octanol–water partition coefficient (Wildman–Crippen LogP) is 5.53. The zero-order valence-electron chi connectivity index (χ0n) is 13.5. The molecule has 146 valence electrons. The highest BCUT2D eigenvalue weighted by Crippen LogP contribution is 2.49. The van der Waals surface area contributed by atoms with E-state index >= 15 is 0 Å². The standard InChI is InChI=1S/C16H12Cl3F3N2O3/c17-4-1-2-10(3-5-24(25)26)14-9-15(27-23-14,16(20,21)22)11-6-12(18)8-13(19)7-11/h1-3,6-8H,4-5,9H2/b2-1-,10-3+. The average molecular weight is 444 g/mol. The van der Waals surface area contributed by atoms with Gasteiger partial charge < -0.3 is 4.84 Å². The molecular weight excluding hydrogens is 432 g/mol. The molecule has 1 heterocycles. The second-order valence-corrected chi connectivity index (χ2v) is 6.70. The SMILES string of the molecule is O=[N+]([O-])C/C=C(\C=C/CCl)C1=NOC(c2cc(Cl)cc(Cl)c2)(C(F)(F)F)C1. The lowest BCUT2D eigenvalue weighted by atomic mass is 9.86. The van der Waals surface area contributed by atoms with Crippen LogP contribution in [0, 0.1) is 10.1 Å². The van der Waals surface area contributed by atoms with Crippen LogP contribution in [-0.4, -0.2) is 29.2 Å². The molecule has 1 atom stereocenters. The normalized spacial score (nSPS) is 20.7.